The number of ether oxygens (including phenoxy) is 1. The number of ketones is 1. The number of hydrogen-bond donors (Lipinski definition) is 1. The Bertz CT molecular complexity index is 1010. The third-order valence-electron chi connectivity index (χ3n) is 5.60. The van der Waals surface area contributed by atoms with E-state index in [-0.39, 0.29) is 29.3 Å². The van der Waals surface area contributed by atoms with E-state index < -0.39 is 12.0 Å². The number of carbonyl (C=O) groups excluding carboxylic acids is 2. The first kappa shape index (κ1) is 21.6. The zero-order valence-corrected chi connectivity index (χ0v) is 18.0. The van der Waals surface area contributed by atoms with E-state index in [4.69, 9.17) is 0 Å². The summed E-state index contributed by atoms with van der Waals surface area (Å²) in [4.78, 5) is 27.7. The summed E-state index contributed by atoms with van der Waals surface area (Å²) in [5.41, 5.74) is 1.33. The molecule has 1 aromatic carbocycles. The molecule has 1 saturated heterocycles. The van der Waals surface area contributed by atoms with Gasteiger partial charge in [-0.15, -0.1) is 10.2 Å². The molecule has 2 unspecified atom stereocenters. The van der Waals surface area contributed by atoms with Gasteiger partial charge >= 0.3 is 5.97 Å². The molecule has 2 aromatic rings. The second-order valence-corrected chi connectivity index (χ2v) is 8.47. The summed E-state index contributed by atoms with van der Waals surface area (Å²) < 4.78 is 19.2. The number of esters is 1. The maximum atomic E-state index is 14.6. The van der Waals surface area contributed by atoms with Crippen molar-refractivity contribution in [3.05, 3.63) is 47.0 Å². The van der Waals surface area contributed by atoms with Crippen LogP contribution in [0.4, 0.5) is 4.39 Å². The summed E-state index contributed by atoms with van der Waals surface area (Å²) in [6.07, 6.45) is 4.20. The minimum Gasteiger partial charge on any atom is -0.468 e. The van der Waals surface area contributed by atoms with Gasteiger partial charge in [0.1, 0.15) is 5.82 Å². The molecule has 1 aliphatic heterocycles. The summed E-state index contributed by atoms with van der Waals surface area (Å²) >= 11 is 4.67. The van der Waals surface area contributed by atoms with Crippen LogP contribution >= 0.6 is 12.6 Å². The first-order valence-electron chi connectivity index (χ1n) is 10.2. The molecule has 8 nitrogen and oxygen atoms in total. The zero-order chi connectivity index (χ0) is 22.0. The van der Waals surface area contributed by atoms with Gasteiger partial charge in [0.2, 0.25) is 0 Å². The average Bonchev–Trinajstić information content (AvgIpc) is 3.53. The molecule has 2 atom stereocenters. The number of likely N-dealkylation sites (tertiary alicyclic amines) is 1. The van der Waals surface area contributed by atoms with Gasteiger partial charge in [-0.3, -0.25) is 9.69 Å². The molecule has 1 aromatic heterocycles. The van der Waals surface area contributed by atoms with Crippen LogP contribution in [0, 0.1) is 11.7 Å². The predicted octanol–water partition coefficient (Wildman–Crippen LogP) is 2.09. The minimum absolute atomic E-state index is 0.00523. The number of aromatic nitrogens is 4. The lowest BCUT2D eigenvalue weighted by Crippen LogP contribution is -2.42. The molecule has 1 saturated carbocycles. The molecule has 10 heteroatoms. The van der Waals surface area contributed by atoms with Crippen LogP contribution < -0.4 is 0 Å². The fourth-order valence-corrected chi connectivity index (χ4v) is 4.07. The number of nitrogens with zero attached hydrogens (tertiary/aromatic N) is 5. The first-order chi connectivity index (χ1) is 15.0. The van der Waals surface area contributed by atoms with Crippen molar-refractivity contribution in [3.63, 3.8) is 0 Å². The Morgan fingerprint density at radius 3 is 2.81 bits per heavy atom. The maximum Gasteiger partial charge on any atom is 0.329 e. The van der Waals surface area contributed by atoms with E-state index in [9.17, 15) is 14.0 Å². The van der Waals surface area contributed by atoms with Gasteiger partial charge in [-0.05, 0) is 42.2 Å². The van der Waals surface area contributed by atoms with Crippen molar-refractivity contribution in [2.75, 3.05) is 20.2 Å². The van der Waals surface area contributed by atoms with Gasteiger partial charge in [-0.25, -0.2) is 9.18 Å². The second-order valence-electron chi connectivity index (χ2n) is 7.85. The third kappa shape index (κ3) is 5.01. The van der Waals surface area contributed by atoms with Gasteiger partial charge in [0, 0.05) is 29.8 Å². The van der Waals surface area contributed by atoms with E-state index in [0.717, 1.165) is 23.2 Å². The Hall–Kier alpha value is -2.59. The van der Waals surface area contributed by atoms with Crippen molar-refractivity contribution >= 4 is 30.5 Å². The molecule has 0 spiro atoms. The number of methoxy groups -OCH3 is 1. The van der Waals surface area contributed by atoms with Crippen LogP contribution in [0.15, 0.2) is 29.8 Å². The lowest BCUT2D eigenvalue weighted by atomic mass is 9.93. The fourth-order valence-electron chi connectivity index (χ4n) is 3.80. The van der Waals surface area contributed by atoms with E-state index in [2.05, 4.69) is 32.8 Å². The van der Waals surface area contributed by atoms with Crippen LogP contribution in [0.2, 0.25) is 0 Å². The smallest absolute Gasteiger partial charge is 0.329 e. The van der Waals surface area contributed by atoms with Crippen LogP contribution in [0.3, 0.4) is 0 Å². The largest absolute Gasteiger partial charge is 0.468 e. The number of thiol groups is 1. The number of hydrogen-bond acceptors (Lipinski definition) is 8. The Morgan fingerprint density at radius 1 is 1.32 bits per heavy atom. The quantitative estimate of drug-likeness (QED) is 0.516. The molecule has 4 rings (SSSR count). The van der Waals surface area contributed by atoms with E-state index in [1.165, 1.54) is 13.2 Å². The van der Waals surface area contributed by atoms with Crippen LogP contribution in [0.5, 0.6) is 0 Å². The summed E-state index contributed by atoms with van der Waals surface area (Å²) in [5.74, 6) is -0.420. The summed E-state index contributed by atoms with van der Waals surface area (Å²) in [6, 6.07) is 5.86. The normalized spacial score (nSPS) is 21.8. The molecule has 0 bridgehead atoms. The molecular weight excluding hydrogens is 421 g/mol. The van der Waals surface area contributed by atoms with Crippen molar-refractivity contribution in [2.45, 2.75) is 37.1 Å². The number of Topliss-reactive ketones (excluding diaryl/α,β-unsaturated/α-hetero) is 1. The summed E-state index contributed by atoms with van der Waals surface area (Å²) in [7, 11) is 1.29. The SMILES string of the molecule is COC(=O)Cn1nnc(/C=C2\CN(C(C(=O)C3CC3)c3ccccc3F)CCC2S)n1. The van der Waals surface area contributed by atoms with Crippen molar-refractivity contribution < 1.29 is 18.7 Å². The molecule has 0 radical (unpaired) electrons. The topological polar surface area (TPSA) is 90.2 Å². The van der Waals surface area contributed by atoms with Crippen LogP contribution in [0.25, 0.3) is 6.08 Å². The Labute approximate surface area is 184 Å². The molecule has 164 valence electrons. The van der Waals surface area contributed by atoms with E-state index in [0.29, 0.717) is 30.9 Å². The fraction of sp³-hybridized carbons (Fsp3) is 0.476. The third-order valence-corrected chi connectivity index (χ3v) is 6.19. The molecule has 0 N–H and O–H groups in total. The summed E-state index contributed by atoms with van der Waals surface area (Å²) in [5, 5.41) is 12.0. The number of piperidine rings is 1. The van der Waals surface area contributed by atoms with Gasteiger partial charge in [0.05, 0.1) is 13.2 Å². The van der Waals surface area contributed by atoms with Crippen molar-refractivity contribution in [1.82, 2.24) is 25.1 Å². The summed E-state index contributed by atoms with van der Waals surface area (Å²) in [6.45, 7) is 0.941. The van der Waals surface area contributed by atoms with Crippen molar-refractivity contribution in [2.24, 2.45) is 5.92 Å². The van der Waals surface area contributed by atoms with Gasteiger partial charge < -0.3 is 4.74 Å². The number of tetrazole rings is 1. The highest BCUT2D eigenvalue weighted by Crippen LogP contribution is 2.39. The number of rotatable bonds is 7. The highest BCUT2D eigenvalue weighted by Gasteiger charge is 2.40. The van der Waals surface area contributed by atoms with E-state index in [1.807, 2.05) is 4.90 Å². The number of halogens is 1. The highest BCUT2D eigenvalue weighted by molar-refractivity contribution is 7.81. The standard InChI is InChI=1S/C21H24FN5O3S/c1-30-19(28)12-27-24-18(23-25-27)10-14-11-26(9-8-17(14)31)20(21(29)13-6-7-13)15-4-2-3-5-16(15)22/h2-5,10,13,17,20,31H,6-9,11-12H2,1H3/b14-10+. The Balaban J connectivity index is 1.58. The molecule has 1 aliphatic carbocycles. The molecule has 31 heavy (non-hydrogen) atoms. The highest BCUT2D eigenvalue weighted by atomic mass is 32.1. The second kappa shape index (κ2) is 9.27. The first-order valence-corrected chi connectivity index (χ1v) is 10.7. The molecule has 2 heterocycles. The predicted molar refractivity (Wildman–Crippen MR) is 114 cm³/mol. The Morgan fingerprint density at radius 2 is 2.10 bits per heavy atom. The number of benzene rings is 1. The Kier molecular flexibility index (Phi) is 6.47. The van der Waals surface area contributed by atoms with Crippen LogP contribution in [0.1, 0.15) is 36.7 Å². The lowest BCUT2D eigenvalue weighted by Gasteiger charge is -2.37. The monoisotopic (exact) mass is 445 g/mol. The van der Waals surface area contributed by atoms with Crippen molar-refractivity contribution in [1.29, 1.82) is 0 Å². The minimum atomic E-state index is -0.624. The lowest BCUT2D eigenvalue weighted by molar-refractivity contribution is -0.141. The average molecular weight is 446 g/mol. The zero-order valence-electron chi connectivity index (χ0n) is 17.1. The number of carbonyl (C=O) groups is 2. The van der Waals surface area contributed by atoms with Gasteiger partial charge in [-0.1, -0.05) is 18.2 Å². The van der Waals surface area contributed by atoms with Gasteiger partial charge in [-0.2, -0.15) is 17.4 Å². The molecular formula is C21H24FN5O3S. The van der Waals surface area contributed by atoms with E-state index in [1.54, 1.807) is 24.3 Å². The van der Waals surface area contributed by atoms with Crippen LogP contribution in [-0.4, -0.2) is 62.3 Å². The van der Waals surface area contributed by atoms with Crippen molar-refractivity contribution in [3.8, 4) is 0 Å². The molecule has 2 aliphatic rings. The molecule has 0 amide bonds. The van der Waals surface area contributed by atoms with Crippen LogP contribution in [-0.2, 0) is 20.9 Å². The van der Waals surface area contributed by atoms with Gasteiger partial charge in [0.25, 0.3) is 0 Å². The molecule has 2 fully saturated rings. The van der Waals surface area contributed by atoms with E-state index >= 15 is 0 Å². The maximum absolute atomic E-state index is 14.6. The van der Waals surface area contributed by atoms with Gasteiger partial charge in [0.15, 0.2) is 18.2 Å².